The van der Waals surface area contributed by atoms with E-state index in [0.29, 0.717) is 6.61 Å². The van der Waals surface area contributed by atoms with Crippen LogP contribution < -0.4 is 5.32 Å². The van der Waals surface area contributed by atoms with Crippen LogP contribution in [0.5, 0.6) is 0 Å². The second-order valence-corrected chi connectivity index (χ2v) is 7.80. The molecule has 0 aliphatic heterocycles. The van der Waals surface area contributed by atoms with Gasteiger partial charge in [-0.1, -0.05) is 59.4 Å². The summed E-state index contributed by atoms with van der Waals surface area (Å²) in [4.78, 5) is 24.7. The number of esters is 1. The van der Waals surface area contributed by atoms with Gasteiger partial charge in [0.1, 0.15) is 6.54 Å². The Morgan fingerprint density at radius 1 is 0.793 bits per heavy atom. The standard InChI is InChI=1S/C25H41NO3/c1-5-9-13-20-16-17-23(22(15-11-7-3)21(20)14-10-6-2)25(28)26-19-24(27)29-18-12-8-4/h16-17H,5-15,18-19H2,1-4H3,(H,26,28). The second kappa shape index (κ2) is 15.1. The lowest BCUT2D eigenvalue weighted by atomic mass is 9.87. The zero-order valence-corrected chi connectivity index (χ0v) is 19.1. The molecule has 0 aromatic heterocycles. The fraction of sp³-hybridized carbons (Fsp3) is 0.680. The minimum atomic E-state index is -0.368. The fourth-order valence-corrected chi connectivity index (χ4v) is 3.49. The predicted molar refractivity (Wildman–Crippen MR) is 120 cm³/mol. The molecule has 4 heteroatoms. The quantitative estimate of drug-likeness (QED) is 0.298. The SMILES string of the molecule is CCCCOC(=O)CNC(=O)c1ccc(CCCC)c(CCCC)c1CCCC. The van der Waals surface area contributed by atoms with Crippen LogP contribution in [0.3, 0.4) is 0 Å². The molecule has 4 nitrogen and oxygen atoms in total. The van der Waals surface area contributed by atoms with E-state index in [4.69, 9.17) is 4.74 Å². The molecule has 1 N–H and O–H groups in total. The highest BCUT2D eigenvalue weighted by molar-refractivity contribution is 5.97. The van der Waals surface area contributed by atoms with Crippen LogP contribution in [0.1, 0.15) is 106 Å². The number of benzene rings is 1. The van der Waals surface area contributed by atoms with Gasteiger partial charge in [-0.05, 0) is 67.7 Å². The first kappa shape index (κ1) is 25.2. The molecule has 1 rings (SSSR count). The van der Waals surface area contributed by atoms with E-state index in [2.05, 4.69) is 32.2 Å². The van der Waals surface area contributed by atoms with Crippen molar-refractivity contribution in [3.8, 4) is 0 Å². The summed E-state index contributed by atoms with van der Waals surface area (Å²) < 4.78 is 5.15. The van der Waals surface area contributed by atoms with E-state index in [1.807, 2.05) is 13.0 Å². The number of ether oxygens (including phenoxy) is 1. The van der Waals surface area contributed by atoms with Gasteiger partial charge in [0.15, 0.2) is 0 Å². The average molecular weight is 404 g/mol. The van der Waals surface area contributed by atoms with Gasteiger partial charge in [0, 0.05) is 5.56 Å². The highest BCUT2D eigenvalue weighted by atomic mass is 16.5. The highest BCUT2D eigenvalue weighted by Gasteiger charge is 2.18. The van der Waals surface area contributed by atoms with E-state index in [0.717, 1.165) is 63.4 Å². The van der Waals surface area contributed by atoms with Gasteiger partial charge >= 0.3 is 5.97 Å². The largest absolute Gasteiger partial charge is 0.464 e. The third-order valence-electron chi connectivity index (χ3n) is 5.29. The van der Waals surface area contributed by atoms with Crippen molar-refractivity contribution in [1.82, 2.24) is 5.32 Å². The Morgan fingerprint density at radius 3 is 2.00 bits per heavy atom. The number of hydrogen-bond donors (Lipinski definition) is 1. The zero-order valence-electron chi connectivity index (χ0n) is 19.1. The van der Waals surface area contributed by atoms with Crippen molar-refractivity contribution in [2.24, 2.45) is 0 Å². The number of amides is 1. The lowest BCUT2D eigenvalue weighted by molar-refractivity contribution is -0.142. The molecule has 0 heterocycles. The van der Waals surface area contributed by atoms with E-state index >= 15 is 0 Å². The maximum absolute atomic E-state index is 12.9. The minimum Gasteiger partial charge on any atom is -0.464 e. The van der Waals surface area contributed by atoms with Gasteiger partial charge in [-0.2, -0.15) is 0 Å². The van der Waals surface area contributed by atoms with Gasteiger partial charge in [-0.3, -0.25) is 9.59 Å². The normalized spacial score (nSPS) is 10.8. The van der Waals surface area contributed by atoms with Gasteiger partial charge in [0.25, 0.3) is 5.91 Å². The predicted octanol–water partition coefficient (Wildman–Crippen LogP) is 5.79. The molecular weight excluding hydrogens is 362 g/mol. The number of carbonyl (C=O) groups is 2. The van der Waals surface area contributed by atoms with Crippen molar-refractivity contribution >= 4 is 11.9 Å². The lowest BCUT2D eigenvalue weighted by Crippen LogP contribution is -2.31. The van der Waals surface area contributed by atoms with Gasteiger partial charge < -0.3 is 10.1 Å². The number of carbonyl (C=O) groups excluding carboxylic acids is 2. The average Bonchev–Trinajstić information content (AvgIpc) is 2.73. The van der Waals surface area contributed by atoms with Gasteiger partial charge in [0.05, 0.1) is 6.61 Å². The van der Waals surface area contributed by atoms with E-state index in [1.165, 1.54) is 29.5 Å². The van der Waals surface area contributed by atoms with Crippen LogP contribution in [0.2, 0.25) is 0 Å². The molecule has 0 radical (unpaired) electrons. The summed E-state index contributed by atoms with van der Waals surface area (Å²) in [6.07, 6.45) is 11.6. The molecule has 0 fully saturated rings. The van der Waals surface area contributed by atoms with E-state index in [1.54, 1.807) is 0 Å². The summed E-state index contributed by atoms with van der Waals surface area (Å²) in [6, 6.07) is 4.09. The van der Waals surface area contributed by atoms with E-state index < -0.39 is 0 Å². The van der Waals surface area contributed by atoms with Gasteiger partial charge in [-0.25, -0.2) is 0 Å². The smallest absolute Gasteiger partial charge is 0.325 e. The molecule has 1 aromatic rings. The highest BCUT2D eigenvalue weighted by Crippen LogP contribution is 2.25. The molecule has 0 bridgehead atoms. The summed E-state index contributed by atoms with van der Waals surface area (Å²) in [6.45, 7) is 8.99. The van der Waals surface area contributed by atoms with Gasteiger partial charge in [0.2, 0.25) is 0 Å². The van der Waals surface area contributed by atoms with Crippen LogP contribution in [-0.2, 0) is 28.8 Å². The topological polar surface area (TPSA) is 55.4 Å². The van der Waals surface area contributed by atoms with Crippen LogP contribution in [-0.4, -0.2) is 25.0 Å². The molecule has 1 aromatic carbocycles. The van der Waals surface area contributed by atoms with Crippen molar-refractivity contribution in [2.75, 3.05) is 13.2 Å². The summed E-state index contributed by atoms with van der Waals surface area (Å²) >= 11 is 0. The summed E-state index contributed by atoms with van der Waals surface area (Å²) in [5, 5.41) is 2.77. The molecular formula is C25H41NO3. The van der Waals surface area contributed by atoms with Crippen LogP contribution in [0.4, 0.5) is 0 Å². The molecule has 0 atom stereocenters. The molecule has 29 heavy (non-hydrogen) atoms. The molecule has 1 amide bonds. The molecule has 164 valence electrons. The number of aryl methyl sites for hydroxylation is 1. The lowest BCUT2D eigenvalue weighted by Gasteiger charge is -2.19. The monoisotopic (exact) mass is 403 g/mol. The Labute approximate surface area is 177 Å². The van der Waals surface area contributed by atoms with Gasteiger partial charge in [-0.15, -0.1) is 0 Å². The van der Waals surface area contributed by atoms with Crippen LogP contribution >= 0.6 is 0 Å². The Bertz CT molecular complexity index is 625. The molecule has 0 aliphatic rings. The fourth-order valence-electron chi connectivity index (χ4n) is 3.49. The zero-order chi connectivity index (χ0) is 21.5. The van der Waals surface area contributed by atoms with Crippen LogP contribution in [0.15, 0.2) is 12.1 Å². The van der Waals surface area contributed by atoms with Crippen molar-refractivity contribution < 1.29 is 14.3 Å². The Balaban J connectivity index is 3.03. The van der Waals surface area contributed by atoms with Crippen molar-refractivity contribution in [1.29, 1.82) is 0 Å². The number of nitrogens with one attached hydrogen (secondary N) is 1. The summed E-state index contributed by atoms with van der Waals surface area (Å²) in [5.74, 6) is -0.531. The third-order valence-corrected chi connectivity index (χ3v) is 5.29. The van der Waals surface area contributed by atoms with Crippen molar-refractivity contribution in [3.63, 3.8) is 0 Å². The first-order valence-electron chi connectivity index (χ1n) is 11.7. The van der Waals surface area contributed by atoms with E-state index in [9.17, 15) is 9.59 Å². The minimum absolute atomic E-state index is 0.0718. The first-order valence-corrected chi connectivity index (χ1v) is 11.7. The Kier molecular flexibility index (Phi) is 13.1. The first-order chi connectivity index (χ1) is 14.1. The van der Waals surface area contributed by atoms with E-state index in [-0.39, 0.29) is 18.4 Å². The molecule has 0 unspecified atom stereocenters. The number of hydrogen-bond acceptors (Lipinski definition) is 3. The molecule has 0 aliphatic carbocycles. The Morgan fingerprint density at radius 2 is 1.38 bits per heavy atom. The second-order valence-electron chi connectivity index (χ2n) is 7.80. The number of rotatable bonds is 15. The maximum Gasteiger partial charge on any atom is 0.325 e. The molecule has 0 spiro atoms. The maximum atomic E-state index is 12.9. The Hall–Kier alpha value is -1.84. The number of unbranched alkanes of at least 4 members (excludes halogenated alkanes) is 4. The summed E-state index contributed by atoms with van der Waals surface area (Å²) in [7, 11) is 0. The van der Waals surface area contributed by atoms with Crippen LogP contribution in [0.25, 0.3) is 0 Å². The molecule has 0 saturated heterocycles. The molecule has 0 saturated carbocycles. The van der Waals surface area contributed by atoms with Crippen molar-refractivity contribution in [2.45, 2.75) is 98.3 Å². The third kappa shape index (κ3) is 9.01. The van der Waals surface area contributed by atoms with Crippen molar-refractivity contribution in [3.05, 3.63) is 34.4 Å². The summed E-state index contributed by atoms with van der Waals surface area (Å²) in [5.41, 5.74) is 4.67. The van der Waals surface area contributed by atoms with Crippen LogP contribution in [0, 0.1) is 0 Å².